The summed E-state index contributed by atoms with van der Waals surface area (Å²) in [5, 5.41) is 18.8. The number of ether oxygens (including phenoxy) is 1. The van der Waals surface area contributed by atoms with Gasteiger partial charge in [-0.1, -0.05) is 0 Å². The Kier molecular flexibility index (Phi) is 3.22. The summed E-state index contributed by atoms with van der Waals surface area (Å²) in [6.45, 7) is 1.38. The number of carbonyl (C=O) groups excluding carboxylic acids is 1. The molecule has 6 nitrogen and oxygen atoms in total. The molecule has 2 heterocycles. The Morgan fingerprint density at radius 3 is 3.00 bits per heavy atom. The monoisotopic (exact) mass is 260 g/mol. The van der Waals surface area contributed by atoms with Gasteiger partial charge in [0.2, 0.25) is 5.91 Å². The van der Waals surface area contributed by atoms with E-state index in [0.29, 0.717) is 30.3 Å². The van der Waals surface area contributed by atoms with Crippen LogP contribution in [-0.2, 0) is 9.53 Å². The van der Waals surface area contributed by atoms with Crippen LogP contribution in [0.1, 0.15) is 42.9 Å². The Labute approximate surface area is 111 Å². The van der Waals surface area contributed by atoms with Crippen LogP contribution in [0, 0.1) is 17.2 Å². The minimum atomic E-state index is -0.0964. The predicted molar refractivity (Wildman–Crippen MR) is 67.5 cm³/mol. The molecule has 1 aliphatic heterocycles. The molecule has 1 unspecified atom stereocenters. The number of H-pyrrole nitrogens is 1. The summed E-state index contributed by atoms with van der Waals surface area (Å²) in [5.74, 6) is 0.970. The molecule has 1 aliphatic carbocycles. The average Bonchev–Trinajstić information content (AvgIpc) is 2.96. The maximum Gasteiger partial charge on any atom is 0.225 e. The third kappa shape index (κ3) is 2.61. The number of nitriles is 1. The van der Waals surface area contributed by atoms with Gasteiger partial charge in [-0.15, -0.1) is 0 Å². The number of hydrogen-bond acceptors (Lipinski definition) is 4. The van der Waals surface area contributed by atoms with E-state index in [1.807, 2.05) is 0 Å². The first-order valence-corrected chi connectivity index (χ1v) is 6.64. The quantitative estimate of drug-likeness (QED) is 0.858. The van der Waals surface area contributed by atoms with Crippen molar-refractivity contribution in [2.45, 2.75) is 31.6 Å². The number of nitrogens with zero attached hydrogens (tertiary/aromatic N) is 2. The first kappa shape index (κ1) is 12.2. The molecule has 0 aromatic carbocycles. The first-order valence-electron chi connectivity index (χ1n) is 6.64. The first-order chi connectivity index (χ1) is 9.28. The zero-order valence-corrected chi connectivity index (χ0v) is 10.6. The van der Waals surface area contributed by atoms with Gasteiger partial charge in [0, 0.05) is 25.6 Å². The molecule has 2 N–H and O–H groups in total. The molecule has 1 amide bonds. The van der Waals surface area contributed by atoms with E-state index >= 15 is 0 Å². The van der Waals surface area contributed by atoms with Crippen molar-refractivity contribution in [1.82, 2.24) is 10.2 Å². The molecular formula is C13H16N4O2. The second-order valence-corrected chi connectivity index (χ2v) is 5.23. The largest absolute Gasteiger partial charge is 0.381 e. The van der Waals surface area contributed by atoms with Gasteiger partial charge in [-0.3, -0.25) is 9.89 Å². The number of aromatic nitrogens is 2. The van der Waals surface area contributed by atoms with Gasteiger partial charge in [0.25, 0.3) is 0 Å². The van der Waals surface area contributed by atoms with Crippen molar-refractivity contribution >= 4 is 11.7 Å². The smallest absolute Gasteiger partial charge is 0.225 e. The summed E-state index contributed by atoms with van der Waals surface area (Å²) >= 11 is 0. The lowest BCUT2D eigenvalue weighted by molar-refractivity contribution is -0.117. The second kappa shape index (κ2) is 5.02. The molecule has 1 aromatic heterocycles. The van der Waals surface area contributed by atoms with Crippen LogP contribution in [-0.4, -0.2) is 29.3 Å². The predicted octanol–water partition coefficient (Wildman–Crippen LogP) is 1.52. The van der Waals surface area contributed by atoms with Gasteiger partial charge in [0.1, 0.15) is 11.6 Å². The number of anilines is 1. The average molecular weight is 260 g/mol. The fourth-order valence-electron chi connectivity index (χ4n) is 2.42. The fourth-order valence-corrected chi connectivity index (χ4v) is 2.42. The standard InChI is InChI=1S/C13H16N4O2/c14-6-10-12(9-1-2-9)16-17-13(10)15-11(18)5-8-3-4-19-7-8/h8-9H,1-5,7H2,(H2,15,16,17,18). The minimum Gasteiger partial charge on any atom is -0.381 e. The van der Waals surface area contributed by atoms with E-state index in [2.05, 4.69) is 21.6 Å². The van der Waals surface area contributed by atoms with Crippen molar-refractivity contribution in [2.24, 2.45) is 5.92 Å². The molecule has 3 rings (SSSR count). The van der Waals surface area contributed by atoms with Crippen molar-refractivity contribution < 1.29 is 9.53 Å². The number of nitrogens with one attached hydrogen (secondary N) is 2. The van der Waals surface area contributed by atoms with E-state index in [0.717, 1.165) is 31.6 Å². The van der Waals surface area contributed by atoms with E-state index in [4.69, 9.17) is 4.74 Å². The van der Waals surface area contributed by atoms with Crippen LogP contribution in [0.15, 0.2) is 0 Å². The Balaban J connectivity index is 1.65. The topological polar surface area (TPSA) is 90.8 Å². The van der Waals surface area contributed by atoms with E-state index in [1.54, 1.807) is 0 Å². The second-order valence-electron chi connectivity index (χ2n) is 5.23. The number of rotatable bonds is 4. The molecule has 2 aliphatic rings. The fraction of sp³-hybridized carbons (Fsp3) is 0.615. The van der Waals surface area contributed by atoms with Gasteiger partial charge in [0.15, 0.2) is 5.82 Å². The van der Waals surface area contributed by atoms with E-state index in [-0.39, 0.29) is 11.8 Å². The molecule has 1 saturated heterocycles. The summed E-state index contributed by atoms with van der Waals surface area (Å²) in [6, 6.07) is 2.13. The molecule has 1 saturated carbocycles. The van der Waals surface area contributed by atoms with Crippen molar-refractivity contribution in [3.05, 3.63) is 11.3 Å². The van der Waals surface area contributed by atoms with Gasteiger partial charge in [-0.05, 0) is 25.2 Å². The van der Waals surface area contributed by atoms with Gasteiger partial charge in [-0.2, -0.15) is 10.4 Å². The minimum absolute atomic E-state index is 0.0964. The van der Waals surface area contributed by atoms with E-state index < -0.39 is 0 Å². The van der Waals surface area contributed by atoms with Crippen LogP contribution in [0.2, 0.25) is 0 Å². The lowest BCUT2D eigenvalue weighted by atomic mass is 10.0. The van der Waals surface area contributed by atoms with Gasteiger partial charge < -0.3 is 10.1 Å². The number of hydrogen-bond donors (Lipinski definition) is 2. The highest BCUT2D eigenvalue weighted by molar-refractivity contribution is 5.91. The van der Waals surface area contributed by atoms with Crippen molar-refractivity contribution in [3.63, 3.8) is 0 Å². The van der Waals surface area contributed by atoms with Gasteiger partial charge in [-0.25, -0.2) is 0 Å². The summed E-state index contributed by atoms with van der Waals surface area (Å²) in [5.41, 5.74) is 1.35. The molecule has 0 spiro atoms. The van der Waals surface area contributed by atoms with Crippen LogP contribution >= 0.6 is 0 Å². The molecule has 2 fully saturated rings. The zero-order chi connectivity index (χ0) is 13.2. The zero-order valence-electron chi connectivity index (χ0n) is 10.6. The maximum atomic E-state index is 11.9. The van der Waals surface area contributed by atoms with E-state index in [1.165, 1.54) is 0 Å². The summed E-state index contributed by atoms with van der Waals surface area (Å²) < 4.78 is 5.24. The van der Waals surface area contributed by atoms with Gasteiger partial charge >= 0.3 is 0 Å². The van der Waals surface area contributed by atoms with E-state index in [9.17, 15) is 10.1 Å². The summed E-state index contributed by atoms with van der Waals surface area (Å²) in [7, 11) is 0. The van der Waals surface area contributed by atoms with Crippen LogP contribution in [0.25, 0.3) is 0 Å². The third-order valence-corrected chi connectivity index (χ3v) is 3.65. The maximum absolute atomic E-state index is 11.9. The Morgan fingerprint density at radius 2 is 2.37 bits per heavy atom. The molecule has 6 heteroatoms. The lowest BCUT2D eigenvalue weighted by Crippen LogP contribution is -2.17. The summed E-state index contributed by atoms with van der Waals surface area (Å²) in [6.07, 6.45) is 3.52. The Morgan fingerprint density at radius 1 is 1.53 bits per heavy atom. The molecule has 0 radical (unpaired) electrons. The number of carbonyl (C=O) groups is 1. The molecular weight excluding hydrogens is 244 g/mol. The molecule has 19 heavy (non-hydrogen) atoms. The van der Waals surface area contributed by atoms with Crippen LogP contribution < -0.4 is 5.32 Å². The molecule has 1 aromatic rings. The van der Waals surface area contributed by atoms with Crippen LogP contribution in [0.3, 0.4) is 0 Å². The van der Waals surface area contributed by atoms with Crippen molar-refractivity contribution in [1.29, 1.82) is 5.26 Å². The number of amides is 1. The molecule has 1 atom stereocenters. The highest BCUT2D eigenvalue weighted by atomic mass is 16.5. The van der Waals surface area contributed by atoms with Crippen LogP contribution in [0.5, 0.6) is 0 Å². The van der Waals surface area contributed by atoms with Crippen molar-refractivity contribution in [3.8, 4) is 6.07 Å². The normalized spacial score (nSPS) is 22.2. The Hall–Kier alpha value is -1.87. The highest BCUT2D eigenvalue weighted by Gasteiger charge is 2.30. The molecule has 100 valence electrons. The van der Waals surface area contributed by atoms with Crippen LogP contribution in [0.4, 0.5) is 5.82 Å². The summed E-state index contributed by atoms with van der Waals surface area (Å²) in [4.78, 5) is 11.9. The highest BCUT2D eigenvalue weighted by Crippen LogP contribution is 2.41. The lowest BCUT2D eigenvalue weighted by Gasteiger charge is -2.06. The van der Waals surface area contributed by atoms with Crippen molar-refractivity contribution in [2.75, 3.05) is 18.5 Å². The SMILES string of the molecule is N#Cc1c(NC(=O)CC2CCOC2)n[nH]c1C1CC1. The van der Waals surface area contributed by atoms with Gasteiger partial charge in [0.05, 0.1) is 5.69 Å². The third-order valence-electron chi connectivity index (χ3n) is 3.65. The Bertz CT molecular complexity index is 521. The molecule has 0 bridgehead atoms. The number of aromatic amines is 1.